The molecule has 1 aromatic carbocycles. The molecule has 2 rings (SSSR count). The van der Waals surface area contributed by atoms with E-state index in [0.717, 1.165) is 37.1 Å². The lowest BCUT2D eigenvalue weighted by Crippen LogP contribution is -2.42. The van der Waals surface area contributed by atoms with Crippen LogP contribution in [0.4, 0.5) is 5.69 Å². The van der Waals surface area contributed by atoms with Crippen LogP contribution in [0.3, 0.4) is 0 Å². The number of nitriles is 1. The van der Waals surface area contributed by atoms with Crippen LogP contribution in [0, 0.1) is 18.3 Å². The first-order valence-electron chi connectivity index (χ1n) is 6.14. The number of benzene rings is 1. The summed E-state index contributed by atoms with van der Waals surface area (Å²) in [6.07, 6.45) is 3.31. The van der Waals surface area contributed by atoms with E-state index in [9.17, 15) is 10.4 Å². The van der Waals surface area contributed by atoms with Crippen LogP contribution in [0.25, 0.3) is 0 Å². The topological polar surface area (TPSA) is 47.3 Å². The highest BCUT2D eigenvalue weighted by atomic mass is 16.3. The summed E-state index contributed by atoms with van der Waals surface area (Å²) in [7, 11) is 0. The van der Waals surface area contributed by atoms with Crippen LogP contribution in [0.5, 0.6) is 0 Å². The summed E-state index contributed by atoms with van der Waals surface area (Å²) in [6.45, 7) is 3.09. The molecule has 1 fully saturated rings. The fraction of sp³-hybridized carbons (Fsp3) is 0.500. The normalized spacial score (nSPS) is 20.1. The standard InChI is InChI=1S/C14H18N2O/c1-11-5-6-14(12(8-11)9-15)16-7-3-2-4-13(16)10-17/h5-6,8,13,17H,2-4,7,10H2,1H3. The third kappa shape index (κ3) is 2.42. The van der Waals surface area contributed by atoms with Gasteiger partial charge < -0.3 is 10.0 Å². The lowest BCUT2D eigenvalue weighted by molar-refractivity contribution is 0.240. The van der Waals surface area contributed by atoms with Crippen molar-refractivity contribution in [3.05, 3.63) is 29.3 Å². The number of rotatable bonds is 2. The van der Waals surface area contributed by atoms with Crippen molar-refractivity contribution >= 4 is 5.69 Å². The van der Waals surface area contributed by atoms with Gasteiger partial charge in [0.2, 0.25) is 0 Å². The summed E-state index contributed by atoms with van der Waals surface area (Å²) in [4.78, 5) is 2.18. The molecule has 3 heteroatoms. The van der Waals surface area contributed by atoms with E-state index in [0.29, 0.717) is 5.56 Å². The summed E-state index contributed by atoms with van der Waals surface area (Å²) >= 11 is 0. The van der Waals surface area contributed by atoms with Gasteiger partial charge in [0.25, 0.3) is 0 Å². The Morgan fingerprint density at radius 1 is 1.47 bits per heavy atom. The number of hydrogen-bond acceptors (Lipinski definition) is 3. The van der Waals surface area contributed by atoms with E-state index >= 15 is 0 Å². The van der Waals surface area contributed by atoms with Crippen LogP contribution < -0.4 is 4.90 Å². The molecule has 0 amide bonds. The quantitative estimate of drug-likeness (QED) is 0.847. The zero-order chi connectivity index (χ0) is 12.3. The first-order valence-corrected chi connectivity index (χ1v) is 6.14. The first kappa shape index (κ1) is 11.9. The van der Waals surface area contributed by atoms with E-state index in [-0.39, 0.29) is 12.6 Å². The molecule has 1 heterocycles. The number of hydrogen-bond donors (Lipinski definition) is 1. The molecule has 1 aliphatic rings. The van der Waals surface area contributed by atoms with Crippen molar-refractivity contribution in [2.45, 2.75) is 32.2 Å². The summed E-state index contributed by atoms with van der Waals surface area (Å²) in [5.74, 6) is 0. The highest BCUT2D eigenvalue weighted by molar-refractivity contribution is 5.61. The number of nitrogens with zero attached hydrogens (tertiary/aromatic N) is 2. The van der Waals surface area contributed by atoms with Crippen molar-refractivity contribution in [3.8, 4) is 6.07 Å². The molecule has 1 aliphatic heterocycles. The molecule has 0 radical (unpaired) electrons. The second kappa shape index (κ2) is 5.20. The van der Waals surface area contributed by atoms with Crippen LogP contribution in [0.15, 0.2) is 18.2 Å². The number of aliphatic hydroxyl groups is 1. The monoisotopic (exact) mass is 230 g/mol. The predicted octanol–water partition coefficient (Wildman–Crippen LogP) is 2.22. The van der Waals surface area contributed by atoms with Crippen LogP contribution in [0.1, 0.15) is 30.4 Å². The first-order chi connectivity index (χ1) is 8.26. The molecule has 1 atom stereocenters. The Morgan fingerprint density at radius 2 is 2.29 bits per heavy atom. The lowest BCUT2D eigenvalue weighted by atomic mass is 10.00. The fourth-order valence-corrected chi connectivity index (χ4v) is 2.50. The Balaban J connectivity index is 2.35. The van der Waals surface area contributed by atoms with Crippen LogP contribution >= 0.6 is 0 Å². The molecule has 1 unspecified atom stereocenters. The van der Waals surface area contributed by atoms with Gasteiger partial charge in [0.05, 0.1) is 23.9 Å². The number of anilines is 1. The van der Waals surface area contributed by atoms with Gasteiger partial charge in [-0.3, -0.25) is 0 Å². The predicted molar refractivity (Wildman–Crippen MR) is 68.0 cm³/mol. The van der Waals surface area contributed by atoms with Gasteiger partial charge in [-0.2, -0.15) is 5.26 Å². The maximum absolute atomic E-state index is 9.42. The van der Waals surface area contributed by atoms with Crippen molar-refractivity contribution in [2.75, 3.05) is 18.1 Å². The van der Waals surface area contributed by atoms with E-state index in [1.165, 1.54) is 0 Å². The van der Waals surface area contributed by atoms with Gasteiger partial charge in [0.1, 0.15) is 6.07 Å². The van der Waals surface area contributed by atoms with E-state index in [2.05, 4.69) is 11.0 Å². The molecule has 17 heavy (non-hydrogen) atoms. The molecule has 0 aromatic heterocycles. The average molecular weight is 230 g/mol. The summed E-state index contributed by atoms with van der Waals surface area (Å²) in [6, 6.07) is 8.36. The molecule has 3 nitrogen and oxygen atoms in total. The Hall–Kier alpha value is -1.53. The molecular formula is C14H18N2O. The molecule has 0 spiro atoms. The number of piperidine rings is 1. The molecule has 0 bridgehead atoms. The SMILES string of the molecule is Cc1ccc(N2CCCCC2CO)c(C#N)c1. The van der Waals surface area contributed by atoms with Gasteiger partial charge in [-0.05, 0) is 43.9 Å². The molecule has 1 N–H and O–H groups in total. The van der Waals surface area contributed by atoms with Crippen molar-refractivity contribution in [3.63, 3.8) is 0 Å². The Labute approximate surface area is 102 Å². The van der Waals surface area contributed by atoms with Crippen molar-refractivity contribution in [1.29, 1.82) is 5.26 Å². The molecule has 1 saturated heterocycles. The minimum atomic E-state index is 0.165. The minimum Gasteiger partial charge on any atom is -0.394 e. The van der Waals surface area contributed by atoms with Crippen LogP contribution in [-0.4, -0.2) is 24.3 Å². The maximum Gasteiger partial charge on any atom is 0.101 e. The molecule has 0 saturated carbocycles. The second-order valence-electron chi connectivity index (χ2n) is 4.66. The van der Waals surface area contributed by atoms with Crippen molar-refractivity contribution in [1.82, 2.24) is 0 Å². The number of aryl methyl sites for hydroxylation is 1. The Kier molecular flexibility index (Phi) is 3.65. The van der Waals surface area contributed by atoms with Crippen molar-refractivity contribution < 1.29 is 5.11 Å². The lowest BCUT2D eigenvalue weighted by Gasteiger charge is -2.37. The molecule has 90 valence electrons. The fourth-order valence-electron chi connectivity index (χ4n) is 2.50. The largest absolute Gasteiger partial charge is 0.394 e. The van der Waals surface area contributed by atoms with Gasteiger partial charge >= 0.3 is 0 Å². The third-order valence-corrected chi connectivity index (χ3v) is 3.42. The van der Waals surface area contributed by atoms with Gasteiger partial charge in [0.15, 0.2) is 0 Å². The van der Waals surface area contributed by atoms with Gasteiger partial charge in [-0.25, -0.2) is 0 Å². The van der Waals surface area contributed by atoms with Crippen LogP contribution in [0.2, 0.25) is 0 Å². The zero-order valence-electron chi connectivity index (χ0n) is 10.2. The van der Waals surface area contributed by atoms with Crippen LogP contribution in [-0.2, 0) is 0 Å². The summed E-state index contributed by atoms with van der Waals surface area (Å²) < 4.78 is 0. The Bertz CT molecular complexity index is 436. The van der Waals surface area contributed by atoms with E-state index in [4.69, 9.17) is 0 Å². The second-order valence-corrected chi connectivity index (χ2v) is 4.66. The average Bonchev–Trinajstić information content (AvgIpc) is 2.38. The minimum absolute atomic E-state index is 0.165. The van der Waals surface area contributed by atoms with Gasteiger partial charge in [-0.15, -0.1) is 0 Å². The van der Waals surface area contributed by atoms with E-state index in [1.54, 1.807) is 0 Å². The number of aliphatic hydroxyl groups excluding tert-OH is 1. The zero-order valence-corrected chi connectivity index (χ0v) is 10.2. The van der Waals surface area contributed by atoms with Gasteiger partial charge in [-0.1, -0.05) is 6.07 Å². The smallest absolute Gasteiger partial charge is 0.101 e. The summed E-state index contributed by atoms with van der Waals surface area (Å²) in [5.41, 5.74) is 2.78. The van der Waals surface area contributed by atoms with Gasteiger partial charge in [0, 0.05) is 6.54 Å². The molecular weight excluding hydrogens is 212 g/mol. The Morgan fingerprint density at radius 3 is 3.00 bits per heavy atom. The third-order valence-electron chi connectivity index (χ3n) is 3.42. The van der Waals surface area contributed by atoms with Crippen molar-refractivity contribution in [2.24, 2.45) is 0 Å². The highest BCUT2D eigenvalue weighted by Gasteiger charge is 2.23. The van der Waals surface area contributed by atoms with E-state index < -0.39 is 0 Å². The molecule has 1 aromatic rings. The molecule has 0 aliphatic carbocycles. The highest BCUT2D eigenvalue weighted by Crippen LogP contribution is 2.28. The summed E-state index contributed by atoms with van der Waals surface area (Å²) in [5, 5.41) is 18.6. The maximum atomic E-state index is 9.42. The van der Waals surface area contributed by atoms with E-state index in [1.807, 2.05) is 25.1 Å².